The molecule has 5 heterocycles. The van der Waals surface area contributed by atoms with Gasteiger partial charge >= 0.3 is 0 Å². The van der Waals surface area contributed by atoms with Crippen LogP contribution in [0.25, 0.3) is 22.3 Å². The van der Waals surface area contributed by atoms with E-state index in [1.165, 1.54) is 244 Å². The molecule has 0 saturated heterocycles. The van der Waals surface area contributed by atoms with Gasteiger partial charge in [0.25, 0.3) is 0 Å². The molecule has 0 unspecified atom stereocenters. The van der Waals surface area contributed by atoms with Crippen molar-refractivity contribution >= 4 is 45.1 Å². The number of fused-ring (bicyclic) bond motifs is 4. The number of nitrogens with zero attached hydrogens (tertiary/aromatic N) is 4. The van der Waals surface area contributed by atoms with E-state index in [0.29, 0.717) is 26.4 Å². The van der Waals surface area contributed by atoms with E-state index in [1.54, 1.807) is 0 Å². The summed E-state index contributed by atoms with van der Waals surface area (Å²) in [5.74, 6) is 3.39. The molecule has 108 heavy (non-hydrogen) atoms. The predicted octanol–water partition coefficient (Wildman–Crippen LogP) is 28.6. The lowest BCUT2D eigenvalue weighted by molar-refractivity contribution is 0.134. The first-order valence-corrected chi connectivity index (χ1v) is 43.7. The zero-order valence-corrected chi connectivity index (χ0v) is 67.3. The van der Waals surface area contributed by atoms with Gasteiger partial charge in [-0.3, -0.25) is 0 Å². The second kappa shape index (κ2) is 51.7. The molecule has 0 saturated carbocycles. The number of allylic oxidation sites excluding steroid dienone is 12. The lowest BCUT2D eigenvalue weighted by Gasteiger charge is -2.14. The van der Waals surface area contributed by atoms with E-state index in [2.05, 4.69) is 173 Å². The average molecular weight is 1460 g/mol. The summed E-state index contributed by atoms with van der Waals surface area (Å²) < 4.78 is 32.0. The van der Waals surface area contributed by atoms with Gasteiger partial charge < -0.3 is 23.7 Å². The van der Waals surface area contributed by atoms with Crippen LogP contribution in [-0.2, 0) is 4.74 Å². The minimum Gasteiger partial charge on any atom is -0.494 e. The quantitative estimate of drug-likeness (QED) is 0.0324. The van der Waals surface area contributed by atoms with E-state index < -0.39 is 0 Å². The van der Waals surface area contributed by atoms with Crippen LogP contribution in [0.3, 0.4) is 0 Å². The predicted molar refractivity (Wildman–Crippen MR) is 463 cm³/mol. The molecule has 9 heteroatoms. The highest BCUT2D eigenvalue weighted by molar-refractivity contribution is 6.39. The maximum absolute atomic E-state index is 6.63. The summed E-state index contributed by atoms with van der Waals surface area (Å²) >= 11 is 0. The lowest BCUT2D eigenvalue weighted by atomic mass is 9.98. The summed E-state index contributed by atoms with van der Waals surface area (Å²) in [6.07, 6.45) is 75.2. The number of hydrogen-bond acceptors (Lipinski definition) is 9. The average Bonchev–Trinajstić information content (AvgIpc) is 1.61. The largest absolute Gasteiger partial charge is 0.494 e. The Hall–Kier alpha value is -7.62. The summed E-state index contributed by atoms with van der Waals surface area (Å²) in [6, 6.07) is 34.3. The highest BCUT2D eigenvalue weighted by Gasteiger charge is 2.29. The van der Waals surface area contributed by atoms with Gasteiger partial charge in [-0.25, -0.2) is 20.0 Å². The highest BCUT2D eigenvalue weighted by atomic mass is 16.5. The molecule has 0 spiro atoms. The first-order valence-electron chi connectivity index (χ1n) is 43.7. The minimum absolute atomic E-state index is 0.673. The molecule has 5 aliphatic rings. The van der Waals surface area contributed by atoms with Crippen LogP contribution in [0.4, 0.5) is 0 Å². The van der Waals surface area contributed by atoms with Crippen molar-refractivity contribution in [1.82, 2.24) is 0 Å². The molecule has 9 rings (SSSR count). The lowest BCUT2D eigenvalue weighted by Crippen LogP contribution is -2.05. The Balaban J connectivity index is 0.998. The van der Waals surface area contributed by atoms with Gasteiger partial charge in [0.1, 0.15) is 23.0 Å². The topological polar surface area (TPSA) is 95.6 Å². The molecule has 5 aliphatic heterocycles. The van der Waals surface area contributed by atoms with Gasteiger partial charge in [-0.05, 0) is 158 Å². The van der Waals surface area contributed by atoms with Gasteiger partial charge in [0.15, 0.2) is 0 Å². The van der Waals surface area contributed by atoms with Gasteiger partial charge in [0.05, 0.1) is 72.1 Å². The van der Waals surface area contributed by atoms with Crippen molar-refractivity contribution in [2.45, 2.75) is 303 Å². The molecule has 0 fully saturated rings. The number of benzene rings is 4. The van der Waals surface area contributed by atoms with E-state index in [4.69, 9.17) is 43.7 Å². The number of hydrogen-bond donors (Lipinski definition) is 0. The van der Waals surface area contributed by atoms with Gasteiger partial charge in [0.2, 0.25) is 0 Å². The molecule has 0 N–H and O–H groups in total. The standard InChI is InChI=1S/C99H136N4O5/c1-5-9-13-16-19-22-25-31-37-42-47-74-106-85-56-50-53-81(77-85)97-90-65-63-88(100-90)96(80-59-61-84(62-60-80)105-73-46-41-36-34-29-28-30-35-40-45-72-104-71-12-8-4)89-64-66-91(101-89)98(82-54-51-57-86(78-82)107-75-48-43-38-32-26-23-20-17-14-10-6-2)93-68-70-95(103-93)99(94-69-67-92(97)102-94)83-55-52-58-87(79-83)108-76-49-44-39-33-27-24-21-18-15-11-7-3/h8,50-70,77-79H,4-7,9-49,71-76H2,1-3H3. The second-order valence-electron chi connectivity index (χ2n) is 30.7. The van der Waals surface area contributed by atoms with Crippen molar-refractivity contribution in [2.75, 3.05) is 39.6 Å². The Morgan fingerprint density at radius 2 is 0.500 bits per heavy atom. The summed E-state index contributed by atoms with van der Waals surface area (Å²) in [4.78, 5) is 22.7. The van der Waals surface area contributed by atoms with Crippen LogP contribution in [0.15, 0.2) is 201 Å². The summed E-state index contributed by atoms with van der Waals surface area (Å²) in [7, 11) is 0. The minimum atomic E-state index is 0.673. The summed E-state index contributed by atoms with van der Waals surface area (Å²) in [5.41, 5.74) is 14.2. The fraction of sp³-hybridized carbons (Fsp3) is 0.535. The Labute approximate surface area is 654 Å². The van der Waals surface area contributed by atoms with Crippen molar-refractivity contribution < 1.29 is 23.7 Å². The van der Waals surface area contributed by atoms with Crippen LogP contribution in [0, 0.1) is 0 Å². The molecule has 582 valence electrons. The molecule has 0 amide bonds. The van der Waals surface area contributed by atoms with Crippen LogP contribution in [0.5, 0.6) is 23.0 Å². The van der Waals surface area contributed by atoms with Crippen molar-refractivity contribution in [3.63, 3.8) is 0 Å². The summed E-state index contributed by atoms with van der Waals surface area (Å²) in [6.45, 7) is 15.0. The molecule has 0 radical (unpaired) electrons. The normalized spacial score (nSPS) is 14.4. The molecule has 4 aromatic rings. The van der Waals surface area contributed by atoms with Gasteiger partial charge in [0, 0.05) is 35.5 Å². The SMILES string of the molecule is C=CCCOCCCCCCCCCCCCOc1ccc(C2=C3C=CC(=N3)C(c3cccc(OCCCCCCCCCCCCC)c3)=C3C=CC(=N3)C(c3cccc(OCCCCCCCCCCCCC)c3)=C3C=CC(=N3)C(c3cccc(OCCCCCCCCCCCCC)c3)=C3C=CC2=N3)cc1. The van der Waals surface area contributed by atoms with Crippen molar-refractivity contribution in [1.29, 1.82) is 0 Å². The van der Waals surface area contributed by atoms with Crippen LogP contribution in [0.1, 0.15) is 326 Å². The number of unbranched alkanes of at least 4 members (excludes halogenated alkanes) is 39. The first-order chi connectivity index (χ1) is 53.5. The Kier molecular flexibility index (Phi) is 40.4. The van der Waals surface area contributed by atoms with Crippen molar-refractivity contribution in [2.24, 2.45) is 20.0 Å². The number of aliphatic imine (C=N–C) groups is 4. The molecule has 0 aliphatic carbocycles. The molecular formula is C99H136N4O5. The second-order valence-corrected chi connectivity index (χ2v) is 30.7. The van der Waals surface area contributed by atoms with Crippen molar-refractivity contribution in [3.8, 4) is 23.0 Å². The number of rotatable bonds is 60. The number of ether oxygens (including phenoxy) is 5. The van der Waals surface area contributed by atoms with Gasteiger partial charge in [-0.2, -0.15) is 0 Å². The van der Waals surface area contributed by atoms with Crippen molar-refractivity contribution in [3.05, 3.63) is 203 Å². The van der Waals surface area contributed by atoms with Gasteiger partial charge in [-0.15, -0.1) is 6.58 Å². The highest BCUT2D eigenvalue weighted by Crippen LogP contribution is 2.41. The molecular weight excluding hydrogens is 1330 g/mol. The van der Waals surface area contributed by atoms with E-state index >= 15 is 0 Å². The fourth-order valence-corrected chi connectivity index (χ4v) is 15.3. The smallest absolute Gasteiger partial charge is 0.119 e. The molecule has 0 atom stereocenters. The van der Waals surface area contributed by atoms with Crippen LogP contribution < -0.4 is 18.9 Å². The van der Waals surface area contributed by atoms with E-state index in [-0.39, 0.29) is 0 Å². The third-order valence-corrected chi connectivity index (χ3v) is 21.6. The molecule has 0 aromatic heterocycles. The maximum Gasteiger partial charge on any atom is 0.119 e. The van der Waals surface area contributed by atoms with E-state index in [9.17, 15) is 0 Å². The molecule has 4 aromatic carbocycles. The first kappa shape index (κ1) is 84.4. The zero-order valence-electron chi connectivity index (χ0n) is 67.3. The van der Waals surface area contributed by atoms with E-state index in [0.717, 1.165) is 165 Å². The zero-order chi connectivity index (χ0) is 74.9. The molecule has 8 bridgehead atoms. The van der Waals surface area contributed by atoms with Gasteiger partial charge in [-0.1, -0.05) is 319 Å². The molecule has 9 nitrogen and oxygen atoms in total. The van der Waals surface area contributed by atoms with Crippen LogP contribution in [-0.4, -0.2) is 62.5 Å². The monoisotopic (exact) mass is 1460 g/mol. The Bertz CT molecular complexity index is 3640. The summed E-state index contributed by atoms with van der Waals surface area (Å²) in [5, 5.41) is 0. The fourth-order valence-electron chi connectivity index (χ4n) is 15.3. The Morgan fingerprint density at radius 3 is 0.778 bits per heavy atom. The Morgan fingerprint density at radius 1 is 0.250 bits per heavy atom. The third-order valence-electron chi connectivity index (χ3n) is 21.6. The van der Waals surface area contributed by atoms with E-state index in [1.807, 2.05) is 6.08 Å². The third kappa shape index (κ3) is 30.0. The van der Waals surface area contributed by atoms with Crippen LogP contribution >= 0.6 is 0 Å². The maximum atomic E-state index is 6.63. The van der Waals surface area contributed by atoms with Crippen LogP contribution in [0.2, 0.25) is 0 Å².